The van der Waals surface area contributed by atoms with Crippen molar-refractivity contribution in [3.8, 4) is 10.4 Å². The Bertz CT molecular complexity index is 677. The summed E-state index contributed by atoms with van der Waals surface area (Å²) in [6.45, 7) is 3.09. The number of nitrogens with one attached hydrogen (secondary N) is 2. The van der Waals surface area contributed by atoms with Gasteiger partial charge in [0.1, 0.15) is 0 Å². The first-order valence-corrected chi connectivity index (χ1v) is 8.38. The number of rotatable bonds is 6. The average Bonchev–Trinajstić information content (AvgIpc) is 3.17. The molecule has 1 fully saturated rings. The van der Waals surface area contributed by atoms with Crippen LogP contribution < -0.4 is 10.6 Å². The zero-order valence-electron chi connectivity index (χ0n) is 13.0. The maximum absolute atomic E-state index is 10.7. The number of hydrogen-bond donors (Lipinski definition) is 3. The first-order valence-electron chi connectivity index (χ1n) is 7.56. The van der Waals surface area contributed by atoms with Gasteiger partial charge in [0.15, 0.2) is 0 Å². The van der Waals surface area contributed by atoms with Crippen LogP contribution in [0.15, 0.2) is 36.4 Å². The van der Waals surface area contributed by atoms with E-state index in [-0.39, 0.29) is 35.0 Å². The minimum atomic E-state index is -0.389. The molecule has 6 nitrogen and oxygen atoms in total. The van der Waals surface area contributed by atoms with Gasteiger partial charge in [-0.25, -0.2) is 0 Å². The fourth-order valence-corrected chi connectivity index (χ4v) is 3.67. The van der Waals surface area contributed by atoms with Crippen molar-refractivity contribution >= 4 is 29.4 Å². The zero-order chi connectivity index (χ0) is 16.2. The Balaban J connectivity index is 0.00000208. The van der Waals surface area contributed by atoms with Crippen molar-refractivity contribution in [3.05, 3.63) is 51.4 Å². The summed E-state index contributed by atoms with van der Waals surface area (Å²) in [4.78, 5) is 12.6. The predicted molar refractivity (Wildman–Crippen MR) is 97.7 cm³/mol. The monoisotopic (exact) mass is 369 g/mol. The highest BCUT2D eigenvalue weighted by molar-refractivity contribution is 7.15. The largest absolute Gasteiger partial charge is 0.391 e. The molecule has 1 aliphatic rings. The normalized spacial score (nSPS) is 19.9. The van der Waals surface area contributed by atoms with Gasteiger partial charge in [0.05, 0.1) is 11.0 Å². The number of nitrogens with zero attached hydrogens (tertiary/aromatic N) is 1. The molecule has 0 saturated carbocycles. The van der Waals surface area contributed by atoms with Gasteiger partial charge in [0.25, 0.3) is 5.69 Å². The Labute approximate surface area is 150 Å². The van der Waals surface area contributed by atoms with E-state index in [2.05, 4.69) is 16.7 Å². The molecule has 130 valence electrons. The van der Waals surface area contributed by atoms with Crippen molar-refractivity contribution in [1.29, 1.82) is 0 Å². The second kappa shape index (κ2) is 8.55. The first kappa shape index (κ1) is 18.8. The number of aliphatic hydroxyl groups excluding tert-OH is 1. The van der Waals surface area contributed by atoms with Crippen LogP contribution >= 0.6 is 23.7 Å². The molecular formula is C16H20ClN3O3S. The molecule has 0 spiro atoms. The topological polar surface area (TPSA) is 87.4 Å². The molecule has 3 N–H and O–H groups in total. The summed E-state index contributed by atoms with van der Waals surface area (Å²) in [5, 5.41) is 27.0. The van der Waals surface area contributed by atoms with Gasteiger partial charge in [0.2, 0.25) is 0 Å². The van der Waals surface area contributed by atoms with E-state index in [1.807, 2.05) is 6.07 Å². The van der Waals surface area contributed by atoms with Crippen LogP contribution in [-0.4, -0.2) is 35.8 Å². The van der Waals surface area contributed by atoms with E-state index >= 15 is 0 Å². The molecule has 1 saturated heterocycles. The number of nitro benzene ring substituents is 1. The van der Waals surface area contributed by atoms with Gasteiger partial charge in [-0.2, -0.15) is 0 Å². The fourth-order valence-electron chi connectivity index (χ4n) is 2.68. The number of thiophene rings is 1. The number of halogens is 1. The molecular weight excluding hydrogens is 350 g/mol. The van der Waals surface area contributed by atoms with Crippen LogP contribution in [0.4, 0.5) is 5.69 Å². The highest BCUT2D eigenvalue weighted by Crippen LogP contribution is 2.29. The SMILES string of the molecule is Cl.O=[N+]([O-])c1ccc(-c2ccc(CNCC3CNCC3O)s2)cc1. The minimum Gasteiger partial charge on any atom is -0.391 e. The van der Waals surface area contributed by atoms with Crippen LogP contribution in [0.2, 0.25) is 0 Å². The van der Waals surface area contributed by atoms with Crippen molar-refractivity contribution < 1.29 is 10.0 Å². The Morgan fingerprint density at radius 1 is 1.25 bits per heavy atom. The smallest absolute Gasteiger partial charge is 0.269 e. The third kappa shape index (κ3) is 4.52. The van der Waals surface area contributed by atoms with Crippen molar-refractivity contribution in [2.75, 3.05) is 19.6 Å². The molecule has 0 amide bonds. The summed E-state index contributed by atoms with van der Waals surface area (Å²) in [7, 11) is 0. The van der Waals surface area contributed by atoms with Crippen LogP contribution in [0, 0.1) is 16.0 Å². The van der Waals surface area contributed by atoms with E-state index in [4.69, 9.17) is 0 Å². The molecule has 8 heteroatoms. The molecule has 1 aromatic carbocycles. The van der Waals surface area contributed by atoms with Crippen molar-refractivity contribution in [2.45, 2.75) is 12.6 Å². The molecule has 24 heavy (non-hydrogen) atoms. The molecule has 0 aliphatic carbocycles. The lowest BCUT2D eigenvalue weighted by atomic mass is 10.1. The second-order valence-corrected chi connectivity index (χ2v) is 6.85. The highest BCUT2D eigenvalue weighted by atomic mass is 35.5. The minimum absolute atomic E-state index is 0. The Kier molecular flexibility index (Phi) is 6.70. The van der Waals surface area contributed by atoms with E-state index < -0.39 is 0 Å². The maximum atomic E-state index is 10.7. The number of hydrogen-bond acceptors (Lipinski definition) is 6. The summed E-state index contributed by atoms with van der Waals surface area (Å²) < 4.78 is 0. The lowest BCUT2D eigenvalue weighted by molar-refractivity contribution is -0.384. The molecule has 2 unspecified atom stereocenters. The Morgan fingerprint density at radius 2 is 2.00 bits per heavy atom. The molecule has 3 rings (SSSR count). The Hall–Kier alpha value is -1.51. The van der Waals surface area contributed by atoms with E-state index in [1.54, 1.807) is 23.5 Å². The van der Waals surface area contributed by atoms with Gasteiger partial charge in [0, 0.05) is 54.0 Å². The van der Waals surface area contributed by atoms with E-state index in [1.165, 1.54) is 17.0 Å². The number of benzene rings is 1. The fraction of sp³-hybridized carbons (Fsp3) is 0.375. The summed E-state index contributed by atoms with van der Waals surface area (Å²) in [6, 6.07) is 10.7. The van der Waals surface area contributed by atoms with Crippen LogP contribution in [0.5, 0.6) is 0 Å². The van der Waals surface area contributed by atoms with Gasteiger partial charge in [-0.1, -0.05) is 0 Å². The molecule has 0 radical (unpaired) electrons. The lowest BCUT2D eigenvalue weighted by Gasteiger charge is -2.13. The van der Waals surface area contributed by atoms with Crippen molar-refractivity contribution in [2.24, 2.45) is 5.92 Å². The van der Waals surface area contributed by atoms with E-state index in [0.717, 1.165) is 30.1 Å². The van der Waals surface area contributed by atoms with Gasteiger partial charge in [-0.05, 0) is 29.8 Å². The lowest BCUT2D eigenvalue weighted by Crippen LogP contribution is -2.29. The summed E-state index contributed by atoms with van der Waals surface area (Å²) in [5.74, 6) is 0.268. The van der Waals surface area contributed by atoms with Gasteiger partial charge < -0.3 is 15.7 Å². The quantitative estimate of drug-likeness (QED) is 0.537. The number of β-amino-alcohol motifs (C(OH)–C–C–N with tert-alkyl or cyclic N) is 1. The molecule has 2 heterocycles. The molecule has 1 aromatic heterocycles. The van der Waals surface area contributed by atoms with Crippen LogP contribution in [-0.2, 0) is 6.54 Å². The average molecular weight is 370 g/mol. The van der Waals surface area contributed by atoms with Crippen molar-refractivity contribution in [3.63, 3.8) is 0 Å². The molecule has 0 bridgehead atoms. The van der Waals surface area contributed by atoms with Gasteiger partial charge in [-0.15, -0.1) is 23.7 Å². The standard InChI is InChI=1S/C16H19N3O3S.ClH/c20-15-10-18-8-12(15)7-17-9-14-5-6-16(23-14)11-1-3-13(4-2-11)19(21)22;/h1-6,12,15,17-18,20H,7-10H2;1H. The summed E-state index contributed by atoms with van der Waals surface area (Å²) >= 11 is 1.67. The number of aliphatic hydroxyl groups is 1. The highest BCUT2D eigenvalue weighted by Gasteiger charge is 2.24. The molecule has 2 aromatic rings. The zero-order valence-corrected chi connectivity index (χ0v) is 14.6. The molecule has 1 aliphatic heterocycles. The van der Waals surface area contributed by atoms with Crippen LogP contribution in [0.3, 0.4) is 0 Å². The second-order valence-electron chi connectivity index (χ2n) is 5.69. The van der Waals surface area contributed by atoms with E-state index in [0.29, 0.717) is 6.54 Å². The van der Waals surface area contributed by atoms with Crippen LogP contribution in [0.1, 0.15) is 4.88 Å². The number of nitro groups is 1. The van der Waals surface area contributed by atoms with Crippen LogP contribution in [0.25, 0.3) is 10.4 Å². The summed E-state index contributed by atoms with van der Waals surface area (Å²) in [5.41, 5.74) is 1.10. The Morgan fingerprint density at radius 3 is 2.62 bits per heavy atom. The summed E-state index contributed by atoms with van der Waals surface area (Å²) in [6.07, 6.45) is -0.262. The number of non-ortho nitro benzene ring substituents is 1. The third-order valence-corrected chi connectivity index (χ3v) is 5.17. The maximum Gasteiger partial charge on any atom is 0.269 e. The van der Waals surface area contributed by atoms with Gasteiger partial charge >= 0.3 is 0 Å². The molecule has 2 atom stereocenters. The van der Waals surface area contributed by atoms with Crippen molar-refractivity contribution in [1.82, 2.24) is 10.6 Å². The predicted octanol–water partition coefficient (Wildman–Crippen LogP) is 2.42. The third-order valence-electron chi connectivity index (χ3n) is 4.03. The van der Waals surface area contributed by atoms with E-state index in [9.17, 15) is 15.2 Å². The van der Waals surface area contributed by atoms with Gasteiger partial charge in [-0.3, -0.25) is 10.1 Å². The first-order chi connectivity index (χ1) is 11.1.